The second kappa shape index (κ2) is 7.56. The number of aromatic nitrogens is 1. The van der Waals surface area contributed by atoms with E-state index in [-0.39, 0.29) is 30.4 Å². The average molecular weight is 412 g/mol. The van der Waals surface area contributed by atoms with Gasteiger partial charge in [0.25, 0.3) is 5.91 Å². The topological polar surface area (TPSA) is 152 Å². The smallest absolute Gasteiger partial charge is 0.352 e. The number of anilines is 1. The Morgan fingerprint density at radius 2 is 2.22 bits per heavy atom. The summed E-state index contributed by atoms with van der Waals surface area (Å²) >= 11 is 2.49. The number of thioether (sulfide) groups is 1. The van der Waals surface area contributed by atoms with E-state index in [9.17, 15) is 24.3 Å². The lowest BCUT2D eigenvalue weighted by molar-refractivity contribution is -0.151. The first kappa shape index (κ1) is 19.2. The monoisotopic (exact) mass is 412 g/mol. The summed E-state index contributed by atoms with van der Waals surface area (Å²) in [5.74, 6) is -2.42. The number of hydrogen-bond acceptors (Lipinski definition) is 9. The molecule has 0 radical (unpaired) electrons. The van der Waals surface area contributed by atoms with Crippen LogP contribution < -0.4 is 11.1 Å². The summed E-state index contributed by atoms with van der Waals surface area (Å²) in [6.45, 7) is 1.03. The van der Waals surface area contributed by atoms with Crippen LogP contribution in [0.5, 0.6) is 0 Å². The Balaban J connectivity index is 1.68. The Kier molecular flexibility index (Phi) is 5.37. The highest BCUT2D eigenvalue weighted by Crippen LogP contribution is 2.40. The Hall–Kier alpha value is -2.60. The van der Waals surface area contributed by atoms with Crippen LogP contribution in [0.4, 0.5) is 5.13 Å². The number of esters is 1. The second-order valence-corrected chi connectivity index (χ2v) is 8.09. The Morgan fingerprint density at radius 3 is 2.81 bits per heavy atom. The molecule has 144 valence electrons. The minimum absolute atomic E-state index is 0.0371. The van der Waals surface area contributed by atoms with Crippen LogP contribution in [-0.4, -0.2) is 62.5 Å². The van der Waals surface area contributed by atoms with Crippen molar-refractivity contribution in [1.82, 2.24) is 15.2 Å². The zero-order valence-electron chi connectivity index (χ0n) is 14.1. The van der Waals surface area contributed by atoms with E-state index in [1.807, 2.05) is 0 Å². The molecule has 0 saturated carbocycles. The second-order valence-electron chi connectivity index (χ2n) is 5.83. The first-order valence-corrected chi connectivity index (χ1v) is 9.67. The first-order chi connectivity index (χ1) is 12.8. The quantitative estimate of drug-likeness (QED) is 0.417. The Morgan fingerprint density at radius 1 is 1.48 bits per heavy atom. The summed E-state index contributed by atoms with van der Waals surface area (Å²) in [4.78, 5) is 52.9. The van der Waals surface area contributed by atoms with Crippen molar-refractivity contribution < 1.29 is 29.0 Å². The van der Waals surface area contributed by atoms with Crippen LogP contribution >= 0.6 is 23.1 Å². The predicted molar refractivity (Wildman–Crippen MR) is 96.5 cm³/mol. The minimum Gasteiger partial charge on any atom is -0.477 e. The number of nitrogens with zero attached hydrogens (tertiary/aromatic N) is 2. The number of aliphatic carboxylic acids is 1. The van der Waals surface area contributed by atoms with E-state index >= 15 is 0 Å². The number of amides is 2. The standard InChI is InChI=1S/C15H16N4O6S2/c1-6(20)25-4-7-5-26-13-10(12(22)19(13)11(7)14(23)24)18-9(21)2-8-3-17-15(16)27-8/h3,10,13H,2,4-5H2,1H3,(H2,16,17)(H,18,21)(H,23,24)/t10?,13-/m0/s1. The third-order valence-corrected chi connectivity index (χ3v) is 6.09. The van der Waals surface area contributed by atoms with E-state index in [2.05, 4.69) is 10.3 Å². The normalized spacial score (nSPS) is 21.4. The van der Waals surface area contributed by atoms with Gasteiger partial charge >= 0.3 is 11.9 Å². The van der Waals surface area contributed by atoms with E-state index in [0.717, 1.165) is 4.90 Å². The molecule has 1 saturated heterocycles. The van der Waals surface area contributed by atoms with Gasteiger partial charge in [-0.25, -0.2) is 9.78 Å². The van der Waals surface area contributed by atoms with Crippen LogP contribution in [0, 0.1) is 0 Å². The summed E-state index contributed by atoms with van der Waals surface area (Å²) < 4.78 is 4.87. The van der Waals surface area contributed by atoms with Gasteiger partial charge in [0.05, 0.1) is 6.42 Å². The number of thiazole rings is 1. The summed E-state index contributed by atoms with van der Waals surface area (Å²) in [6, 6.07) is -0.808. The SMILES string of the molecule is CC(=O)OCC1=C(C(=O)O)N2C(=O)C(NC(=O)Cc3cnc(N)s3)[C@@H]2SC1. The highest BCUT2D eigenvalue weighted by Gasteiger charge is 2.54. The number of rotatable bonds is 6. The van der Waals surface area contributed by atoms with Gasteiger partial charge < -0.3 is 20.9 Å². The number of nitrogen functional groups attached to an aromatic ring is 1. The molecule has 2 amide bonds. The molecule has 1 unspecified atom stereocenters. The molecule has 10 nitrogen and oxygen atoms in total. The molecule has 1 aromatic rings. The number of carbonyl (C=O) groups is 4. The molecule has 27 heavy (non-hydrogen) atoms. The largest absolute Gasteiger partial charge is 0.477 e. The lowest BCUT2D eigenvalue weighted by Crippen LogP contribution is -2.70. The molecule has 1 fully saturated rings. The number of carboxylic acid groups (broad SMARTS) is 1. The molecular weight excluding hydrogens is 396 g/mol. The van der Waals surface area contributed by atoms with Crippen molar-refractivity contribution in [2.24, 2.45) is 0 Å². The fraction of sp³-hybridized carbons (Fsp3) is 0.400. The van der Waals surface area contributed by atoms with E-state index in [0.29, 0.717) is 15.6 Å². The molecule has 1 aromatic heterocycles. The van der Waals surface area contributed by atoms with Crippen molar-refractivity contribution in [3.05, 3.63) is 22.3 Å². The van der Waals surface area contributed by atoms with E-state index in [4.69, 9.17) is 10.5 Å². The number of nitrogens with one attached hydrogen (secondary N) is 1. The van der Waals surface area contributed by atoms with Gasteiger partial charge in [0.2, 0.25) is 5.91 Å². The number of hydrogen-bond donors (Lipinski definition) is 3. The first-order valence-electron chi connectivity index (χ1n) is 7.80. The zero-order chi connectivity index (χ0) is 19.7. The van der Waals surface area contributed by atoms with Crippen molar-refractivity contribution in [2.75, 3.05) is 18.1 Å². The zero-order valence-corrected chi connectivity index (χ0v) is 15.8. The molecule has 0 bridgehead atoms. The average Bonchev–Trinajstić information content (AvgIpc) is 3.01. The van der Waals surface area contributed by atoms with E-state index in [1.165, 1.54) is 36.2 Å². The van der Waals surface area contributed by atoms with E-state index in [1.54, 1.807) is 0 Å². The minimum atomic E-state index is -1.28. The van der Waals surface area contributed by atoms with Gasteiger partial charge in [0.1, 0.15) is 23.7 Å². The van der Waals surface area contributed by atoms with Crippen LogP contribution in [-0.2, 0) is 30.3 Å². The van der Waals surface area contributed by atoms with E-state index < -0.39 is 29.3 Å². The van der Waals surface area contributed by atoms with Crippen molar-refractivity contribution in [3.8, 4) is 0 Å². The lowest BCUT2D eigenvalue weighted by Gasteiger charge is -2.49. The Bertz CT molecular complexity index is 851. The molecule has 2 aliphatic rings. The van der Waals surface area contributed by atoms with Crippen molar-refractivity contribution in [2.45, 2.75) is 24.8 Å². The van der Waals surface area contributed by atoms with Crippen LogP contribution in [0.15, 0.2) is 17.5 Å². The molecule has 0 spiro atoms. The highest BCUT2D eigenvalue weighted by molar-refractivity contribution is 8.00. The van der Waals surface area contributed by atoms with Crippen LogP contribution in [0.1, 0.15) is 11.8 Å². The maximum Gasteiger partial charge on any atom is 0.352 e. The van der Waals surface area contributed by atoms with Crippen molar-refractivity contribution in [3.63, 3.8) is 0 Å². The van der Waals surface area contributed by atoms with Gasteiger partial charge in [-0.05, 0) is 0 Å². The van der Waals surface area contributed by atoms with Gasteiger partial charge in [0, 0.05) is 29.3 Å². The van der Waals surface area contributed by atoms with Crippen LogP contribution in [0.3, 0.4) is 0 Å². The molecular formula is C15H16N4O6S2. The van der Waals surface area contributed by atoms with Crippen molar-refractivity contribution >= 4 is 52.0 Å². The number of fused-ring (bicyclic) bond motifs is 1. The summed E-state index contributed by atoms with van der Waals surface area (Å²) in [7, 11) is 0. The van der Waals surface area contributed by atoms with Gasteiger partial charge in [-0.2, -0.15) is 0 Å². The third-order valence-electron chi connectivity index (χ3n) is 3.92. The number of carbonyl (C=O) groups excluding carboxylic acids is 3. The predicted octanol–water partition coefficient (Wildman–Crippen LogP) is -0.430. The molecule has 4 N–H and O–H groups in total. The maximum absolute atomic E-state index is 12.4. The fourth-order valence-electron chi connectivity index (χ4n) is 2.77. The molecule has 2 atom stereocenters. The maximum atomic E-state index is 12.4. The molecule has 2 aliphatic heterocycles. The lowest BCUT2D eigenvalue weighted by atomic mass is 10.0. The number of ether oxygens (including phenoxy) is 1. The summed E-state index contributed by atoms with van der Waals surface area (Å²) in [6.07, 6.45) is 1.53. The van der Waals surface area contributed by atoms with Gasteiger partial charge in [-0.3, -0.25) is 19.3 Å². The molecule has 12 heteroatoms. The van der Waals surface area contributed by atoms with Gasteiger partial charge in [0.15, 0.2) is 5.13 Å². The number of carboxylic acids is 1. The highest BCUT2D eigenvalue weighted by atomic mass is 32.2. The van der Waals surface area contributed by atoms with Gasteiger partial charge in [-0.1, -0.05) is 0 Å². The molecule has 3 heterocycles. The van der Waals surface area contributed by atoms with Crippen molar-refractivity contribution in [1.29, 1.82) is 0 Å². The Labute approximate surface area is 161 Å². The molecule has 0 aliphatic carbocycles. The summed E-state index contributed by atoms with van der Waals surface area (Å²) in [5.41, 5.74) is 5.68. The number of nitrogens with two attached hydrogens (primary N) is 1. The number of β-lactam (4-membered cyclic amide) rings is 1. The summed E-state index contributed by atoms with van der Waals surface area (Å²) in [5, 5.41) is 11.9. The fourth-order valence-corrected chi connectivity index (χ4v) is 4.78. The third kappa shape index (κ3) is 3.90. The molecule has 3 rings (SSSR count). The van der Waals surface area contributed by atoms with Gasteiger partial charge in [-0.15, -0.1) is 23.1 Å². The van der Waals surface area contributed by atoms with Crippen LogP contribution in [0.2, 0.25) is 0 Å². The molecule has 0 aromatic carbocycles. The van der Waals surface area contributed by atoms with Crippen LogP contribution in [0.25, 0.3) is 0 Å².